The predicted octanol–water partition coefficient (Wildman–Crippen LogP) is 1.34. The molecule has 1 aromatic carbocycles. The third kappa shape index (κ3) is 2.45. The molecule has 2 saturated heterocycles. The van der Waals surface area contributed by atoms with Crippen LogP contribution in [0.2, 0.25) is 0 Å². The lowest BCUT2D eigenvalue weighted by atomic mass is 9.95. The van der Waals surface area contributed by atoms with Crippen molar-refractivity contribution in [1.82, 2.24) is 9.62 Å². The van der Waals surface area contributed by atoms with E-state index < -0.39 is 21.7 Å². The van der Waals surface area contributed by atoms with Crippen molar-refractivity contribution in [2.24, 2.45) is 5.92 Å². The van der Waals surface area contributed by atoms with E-state index in [1.54, 1.807) is 0 Å². The highest BCUT2D eigenvalue weighted by Crippen LogP contribution is 2.29. The van der Waals surface area contributed by atoms with Gasteiger partial charge in [0.15, 0.2) is 0 Å². The molecule has 0 bridgehead atoms. The van der Waals surface area contributed by atoms with Crippen LogP contribution in [0, 0.1) is 17.6 Å². The zero-order valence-electron chi connectivity index (χ0n) is 10.9. The second kappa shape index (κ2) is 5.05. The van der Waals surface area contributed by atoms with Crippen LogP contribution >= 0.6 is 0 Å². The largest absolute Gasteiger partial charge is 0.314 e. The van der Waals surface area contributed by atoms with Crippen LogP contribution in [0.4, 0.5) is 8.78 Å². The fourth-order valence-electron chi connectivity index (χ4n) is 3.06. The molecule has 2 aliphatic heterocycles. The first-order valence-corrected chi connectivity index (χ1v) is 8.10. The summed E-state index contributed by atoms with van der Waals surface area (Å²) in [5.74, 6) is -1.46. The fourth-order valence-corrected chi connectivity index (χ4v) is 4.61. The Morgan fingerprint density at radius 1 is 1.15 bits per heavy atom. The summed E-state index contributed by atoms with van der Waals surface area (Å²) < 4.78 is 52.7. The summed E-state index contributed by atoms with van der Waals surface area (Å²) >= 11 is 0. The van der Waals surface area contributed by atoms with Gasteiger partial charge in [-0.15, -0.1) is 0 Å². The second-order valence-corrected chi connectivity index (χ2v) is 7.30. The van der Waals surface area contributed by atoms with Crippen molar-refractivity contribution < 1.29 is 17.2 Å². The van der Waals surface area contributed by atoms with Gasteiger partial charge < -0.3 is 5.32 Å². The second-order valence-electron chi connectivity index (χ2n) is 5.37. The minimum atomic E-state index is -3.82. The third-order valence-electron chi connectivity index (χ3n) is 4.09. The molecule has 3 rings (SSSR count). The fraction of sp³-hybridized carbons (Fsp3) is 0.538. The molecule has 0 saturated carbocycles. The van der Waals surface area contributed by atoms with Crippen LogP contribution in [0.5, 0.6) is 0 Å². The van der Waals surface area contributed by atoms with Crippen molar-refractivity contribution in [2.45, 2.75) is 23.8 Å². The molecule has 1 N–H and O–H groups in total. The molecule has 0 radical (unpaired) electrons. The highest BCUT2D eigenvalue weighted by Gasteiger charge is 2.37. The first kappa shape index (κ1) is 13.9. The summed E-state index contributed by atoms with van der Waals surface area (Å²) in [6.07, 6.45) is 1.68. The van der Waals surface area contributed by atoms with Gasteiger partial charge in [-0.1, -0.05) is 0 Å². The van der Waals surface area contributed by atoms with Crippen LogP contribution in [-0.2, 0) is 10.0 Å². The Bertz CT molecular complexity index is 601. The lowest BCUT2D eigenvalue weighted by Crippen LogP contribution is -2.46. The Balaban J connectivity index is 1.88. The van der Waals surface area contributed by atoms with Gasteiger partial charge in [0, 0.05) is 25.2 Å². The number of benzene rings is 1. The summed E-state index contributed by atoms with van der Waals surface area (Å²) in [5, 5.41) is 3.35. The maximum absolute atomic E-state index is 13.2. The molecule has 2 aliphatic rings. The standard InChI is InChI=1S/C13H16F2N2O2S/c14-10-5-11(15)7-12(6-10)20(18,19)17-4-2-13-9(8-17)1-3-16-13/h5-7,9,13,16H,1-4,8H2. The van der Waals surface area contributed by atoms with E-state index in [1.807, 2.05) is 0 Å². The Morgan fingerprint density at radius 2 is 1.85 bits per heavy atom. The van der Waals surface area contributed by atoms with E-state index in [-0.39, 0.29) is 10.8 Å². The van der Waals surface area contributed by atoms with Crippen LogP contribution in [0.15, 0.2) is 23.1 Å². The number of nitrogens with one attached hydrogen (secondary N) is 1. The highest BCUT2D eigenvalue weighted by atomic mass is 32.2. The number of sulfonamides is 1. The van der Waals surface area contributed by atoms with Crippen LogP contribution in [0.3, 0.4) is 0 Å². The van der Waals surface area contributed by atoms with Crippen LogP contribution in [0.25, 0.3) is 0 Å². The number of halogens is 2. The smallest absolute Gasteiger partial charge is 0.243 e. The Labute approximate surface area is 116 Å². The average molecular weight is 302 g/mol. The van der Waals surface area contributed by atoms with Crippen molar-refractivity contribution in [3.05, 3.63) is 29.8 Å². The maximum Gasteiger partial charge on any atom is 0.243 e. The van der Waals surface area contributed by atoms with Gasteiger partial charge in [-0.25, -0.2) is 17.2 Å². The molecule has 2 fully saturated rings. The normalized spacial score (nSPS) is 27.5. The first-order valence-electron chi connectivity index (χ1n) is 6.66. The highest BCUT2D eigenvalue weighted by molar-refractivity contribution is 7.89. The summed E-state index contributed by atoms with van der Waals surface area (Å²) in [6, 6.07) is 2.78. The molecular weight excluding hydrogens is 286 g/mol. The van der Waals surface area contributed by atoms with Crippen LogP contribution in [0.1, 0.15) is 12.8 Å². The molecular formula is C13H16F2N2O2S. The molecule has 2 heterocycles. The Kier molecular flexibility index (Phi) is 3.51. The summed E-state index contributed by atoms with van der Waals surface area (Å²) in [5.41, 5.74) is 0. The average Bonchev–Trinajstić information content (AvgIpc) is 2.84. The number of rotatable bonds is 2. The Morgan fingerprint density at radius 3 is 2.55 bits per heavy atom. The topological polar surface area (TPSA) is 49.4 Å². The number of nitrogens with zero attached hydrogens (tertiary/aromatic N) is 1. The lowest BCUT2D eigenvalue weighted by Gasteiger charge is -2.33. The van der Waals surface area contributed by atoms with Crippen molar-refractivity contribution in [3.63, 3.8) is 0 Å². The van der Waals surface area contributed by atoms with E-state index in [0.717, 1.165) is 31.5 Å². The summed E-state index contributed by atoms with van der Waals surface area (Å²) in [7, 11) is -3.82. The maximum atomic E-state index is 13.2. The van der Waals surface area contributed by atoms with E-state index in [2.05, 4.69) is 5.32 Å². The van der Waals surface area contributed by atoms with Crippen molar-refractivity contribution in [2.75, 3.05) is 19.6 Å². The van der Waals surface area contributed by atoms with E-state index >= 15 is 0 Å². The molecule has 7 heteroatoms. The van der Waals surface area contributed by atoms with E-state index in [1.165, 1.54) is 4.31 Å². The van der Waals surface area contributed by atoms with Crippen LogP contribution < -0.4 is 5.32 Å². The summed E-state index contributed by atoms with van der Waals surface area (Å²) in [4.78, 5) is -0.306. The SMILES string of the molecule is O=S(=O)(c1cc(F)cc(F)c1)N1CCC2NCCC2C1. The van der Waals surface area contributed by atoms with Gasteiger partial charge in [0.25, 0.3) is 0 Å². The summed E-state index contributed by atoms with van der Waals surface area (Å²) in [6.45, 7) is 1.70. The van der Waals surface area contributed by atoms with Crippen molar-refractivity contribution >= 4 is 10.0 Å². The number of fused-ring (bicyclic) bond motifs is 1. The van der Waals surface area contributed by atoms with E-state index in [9.17, 15) is 17.2 Å². The van der Waals surface area contributed by atoms with Gasteiger partial charge >= 0.3 is 0 Å². The minimum Gasteiger partial charge on any atom is -0.314 e. The van der Waals surface area contributed by atoms with E-state index in [4.69, 9.17) is 0 Å². The first-order chi connectivity index (χ1) is 9.46. The van der Waals surface area contributed by atoms with Gasteiger partial charge in [0.1, 0.15) is 11.6 Å². The van der Waals surface area contributed by atoms with Gasteiger partial charge in [0.05, 0.1) is 4.90 Å². The quantitative estimate of drug-likeness (QED) is 0.897. The molecule has 2 unspecified atom stereocenters. The van der Waals surface area contributed by atoms with Gasteiger partial charge in [0.2, 0.25) is 10.0 Å². The number of piperidine rings is 1. The minimum absolute atomic E-state index is 0.289. The zero-order chi connectivity index (χ0) is 14.3. The molecule has 0 aromatic heterocycles. The van der Waals surface area contributed by atoms with Crippen molar-refractivity contribution in [3.8, 4) is 0 Å². The number of hydrogen-bond acceptors (Lipinski definition) is 3. The molecule has 20 heavy (non-hydrogen) atoms. The molecule has 1 aromatic rings. The molecule has 4 nitrogen and oxygen atoms in total. The zero-order valence-corrected chi connectivity index (χ0v) is 11.7. The molecule has 2 atom stereocenters. The molecule has 0 spiro atoms. The van der Waals surface area contributed by atoms with E-state index in [0.29, 0.717) is 25.2 Å². The van der Waals surface area contributed by atoms with Crippen LogP contribution in [-0.4, -0.2) is 38.4 Å². The molecule has 0 amide bonds. The third-order valence-corrected chi connectivity index (χ3v) is 5.94. The number of hydrogen-bond donors (Lipinski definition) is 1. The van der Waals surface area contributed by atoms with Crippen molar-refractivity contribution in [1.29, 1.82) is 0 Å². The monoisotopic (exact) mass is 302 g/mol. The lowest BCUT2D eigenvalue weighted by molar-refractivity contribution is 0.247. The van der Waals surface area contributed by atoms with Gasteiger partial charge in [-0.05, 0) is 37.4 Å². The Hall–Kier alpha value is -1.05. The molecule has 110 valence electrons. The predicted molar refractivity (Wildman–Crippen MR) is 69.6 cm³/mol. The van der Waals surface area contributed by atoms with Gasteiger partial charge in [-0.2, -0.15) is 4.31 Å². The molecule has 0 aliphatic carbocycles. The van der Waals surface area contributed by atoms with Gasteiger partial charge in [-0.3, -0.25) is 0 Å².